The molecule has 68 valence electrons. The lowest BCUT2D eigenvalue weighted by Gasteiger charge is -2.18. The van der Waals surface area contributed by atoms with Crippen molar-refractivity contribution in [1.82, 2.24) is 5.32 Å². The molecular weight excluding hydrogens is 170 g/mol. The first-order valence-corrected chi connectivity index (χ1v) is 4.83. The van der Waals surface area contributed by atoms with Gasteiger partial charge in [0.15, 0.2) is 0 Å². The molecule has 0 spiro atoms. The van der Waals surface area contributed by atoms with E-state index in [2.05, 4.69) is 17.5 Å². The summed E-state index contributed by atoms with van der Waals surface area (Å²) in [6, 6.07) is 0.387. The van der Waals surface area contributed by atoms with Gasteiger partial charge in [-0.2, -0.15) is 0 Å². The smallest absolute Gasteiger partial charge is 0.257 e. The molecule has 0 radical (unpaired) electrons. The van der Waals surface area contributed by atoms with Crippen molar-refractivity contribution >= 4 is 17.4 Å². The summed E-state index contributed by atoms with van der Waals surface area (Å²) in [7, 11) is 0. The van der Waals surface area contributed by atoms with Gasteiger partial charge in [-0.3, -0.25) is 0 Å². The first kappa shape index (κ1) is 9.52. The Labute approximate surface area is 79.0 Å². The maximum absolute atomic E-state index is 5.13. The van der Waals surface area contributed by atoms with Crippen LogP contribution in [0.15, 0.2) is 12.2 Å². The molecule has 0 heterocycles. The van der Waals surface area contributed by atoms with Gasteiger partial charge in [0, 0.05) is 6.04 Å². The summed E-state index contributed by atoms with van der Waals surface area (Å²) in [5, 5.41) is 3.66. The molecule has 1 unspecified atom stereocenters. The van der Waals surface area contributed by atoms with Crippen LogP contribution in [0.5, 0.6) is 0 Å². The summed E-state index contributed by atoms with van der Waals surface area (Å²) in [4.78, 5) is 0. The van der Waals surface area contributed by atoms with Crippen molar-refractivity contribution in [2.24, 2.45) is 0 Å². The molecule has 0 aromatic heterocycles. The van der Waals surface area contributed by atoms with Gasteiger partial charge in [-0.25, -0.2) is 0 Å². The van der Waals surface area contributed by atoms with Gasteiger partial charge in [-0.1, -0.05) is 12.2 Å². The number of hydrogen-bond acceptors (Lipinski definition) is 2. The Kier molecular flexibility index (Phi) is 4.08. The predicted octanol–water partition coefficient (Wildman–Crippen LogP) is 2.01. The molecule has 0 bridgehead atoms. The van der Waals surface area contributed by atoms with E-state index in [0.717, 1.165) is 6.42 Å². The number of thiocarbonyl (C=S) groups is 1. The molecule has 0 saturated heterocycles. The maximum atomic E-state index is 5.13. The SMILES string of the molecule is CCOC(=S)NC1C=CCCC1. The maximum Gasteiger partial charge on any atom is 0.257 e. The van der Waals surface area contributed by atoms with Crippen molar-refractivity contribution < 1.29 is 4.74 Å². The average Bonchev–Trinajstić information content (AvgIpc) is 2.06. The summed E-state index contributed by atoms with van der Waals surface area (Å²) in [5.74, 6) is 0. The fourth-order valence-corrected chi connectivity index (χ4v) is 1.53. The van der Waals surface area contributed by atoms with Crippen LogP contribution in [0.25, 0.3) is 0 Å². The lowest BCUT2D eigenvalue weighted by atomic mass is 10.0. The molecule has 12 heavy (non-hydrogen) atoms. The molecule has 0 aromatic carbocycles. The van der Waals surface area contributed by atoms with Gasteiger partial charge in [0.05, 0.1) is 6.61 Å². The van der Waals surface area contributed by atoms with Gasteiger partial charge in [0.25, 0.3) is 5.17 Å². The van der Waals surface area contributed by atoms with Crippen molar-refractivity contribution in [2.75, 3.05) is 6.61 Å². The van der Waals surface area contributed by atoms with Gasteiger partial charge in [0.2, 0.25) is 0 Å². The fraction of sp³-hybridized carbons (Fsp3) is 0.667. The average molecular weight is 185 g/mol. The molecular formula is C9H15NOS. The molecule has 1 aliphatic carbocycles. The third kappa shape index (κ3) is 3.22. The Hall–Kier alpha value is -0.570. The van der Waals surface area contributed by atoms with Gasteiger partial charge >= 0.3 is 0 Å². The summed E-state index contributed by atoms with van der Waals surface area (Å²) >= 11 is 4.97. The second-order valence-corrected chi connectivity index (χ2v) is 3.20. The lowest BCUT2D eigenvalue weighted by molar-refractivity contribution is 0.315. The number of rotatable bonds is 2. The van der Waals surface area contributed by atoms with Crippen molar-refractivity contribution in [1.29, 1.82) is 0 Å². The van der Waals surface area contributed by atoms with Gasteiger partial charge in [0.1, 0.15) is 0 Å². The van der Waals surface area contributed by atoms with Crippen LogP contribution in [0.3, 0.4) is 0 Å². The zero-order valence-corrected chi connectivity index (χ0v) is 8.19. The van der Waals surface area contributed by atoms with Crippen LogP contribution in [-0.2, 0) is 4.74 Å². The third-order valence-corrected chi connectivity index (χ3v) is 2.07. The van der Waals surface area contributed by atoms with E-state index in [4.69, 9.17) is 17.0 Å². The molecule has 0 fully saturated rings. The largest absolute Gasteiger partial charge is 0.471 e. The van der Waals surface area contributed by atoms with E-state index in [1.54, 1.807) is 0 Å². The Balaban J connectivity index is 2.25. The van der Waals surface area contributed by atoms with Crippen LogP contribution in [0, 0.1) is 0 Å². The normalized spacial score (nSPS) is 21.9. The minimum Gasteiger partial charge on any atom is -0.471 e. The van der Waals surface area contributed by atoms with Crippen LogP contribution in [0.4, 0.5) is 0 Å². The van der Waals surface area contributed by atoms with Crippen LogP contribution < -0.4 is 5.32 Å². The molecule has 0 saturated carbocycles. The van der Waals surface area contributed by atoms with E-state index in [9.17, 15) is 0 Å². The molecule has 0 amide bonds. The summed E-state index contributed by atoms with van der Waals surface area (Å²) in [6.07, 6.45) is 7.94. The number of hydrogen-bond donors (Lipinski definition) is 1. The summed E-state index contributed by atoms with van der Waals surface area (Å²) in [6.45, 7) is 2.58. The van der Waals surface area contributed by atoms with Crippen LogP contribution in [-0.4, -0.2) is 17.8 Å². The standard InChI is InChI=1S/C9H15NOS/c1-2-11-9(12)10-8-6-4-3-5-7-8/h4,6,8H,2-3,5,7H2,1H3,(H,10,12). The predicted molar refractivity (Wildman–Crippen MR) is 54.1 cm³/mol. The highest BCUT2D eigenvalue weighted by Gasteiger charge is 2.08. The Morgan fingerprint density at radius 3 is 3.17 bits per heavy atom. The zero-order chi connectivity index (χ0) is 8.81. The van der Waals surface area contributed by atoms with E-state index in [1.807, 2.05) is 6.92 Å². The summed E-state index contributed by atoms with van der Waals surface area (Å²) in [5.41, 5.74) is 0. The van der Waals surface area contributed by atoms with Crippen molar-refractivity contribution in [3.05, 3.63) is 12.2 Å². The highest BCUT2D eigenvalue weighted by atomic mass is 32.1. The second kappa shape index (κ2) is 5.14. The highest BCUT2D eigenvalue weighted by Crippen LogP contribution is 2.09. The molecule has 2 nitrogen and oxygen atoms in total. The van der Waals surface area contributed by atoms with E-state index >= 15 is 0 Å². The quantitative estimate of drug-likeness (QED) is 0.525. The Bertz CT molecular complexity index is 179. The topological polar surface area (TPSA) is 21.3 Å². The number of ether oxygens (including phenoxy) is 1. The van der Waals surface area contributed by atoms with Gasteiger partial charge in [-0.15, -0.1) is 0 Å². The lowest BCUT2D eigenvalue weighted by Crippen LogP contribution is -2.34. The van der Waals surface area contributed by atoms with Crippen molar-refractivity contribution in [2.45, 2.75) is 32.2 Å². The van der Waals surface area contributed by atoms with E-state index < -0.39 is 0 Å². The fourth-order valence-electron chi connectivity index (χ4n) is 1.26. The zero-order valence-electron chi connectivity index (χ0n) is 7.38. The second-order valence-electron chi connectivity index (χ2n) is 2.83. The summed E-state index contributed by atoms with van der Waals surface area (Å²) < 4.78 is 5.13. The van der Waals surface area contributed by atoms with Crippen LogP contribution >= 0.6 is 12.2 Å². The van der Waals surface area contributed by atoms with Crippen molar-refractivity contribution in [3.63, 3.8) is 0 Å². The molecule has 1 rings (SSSR count). The van der Waals surface area contributed by atoms with E-state index in [0.29, 0.717) is 17.8 Å². The number of allylic oxidation sites excluding steroid dienone is 1. The van der Waals surface area contributed by atoms with E-state index in [1.165, 1.54) is 12.8 Å². The minimum atomic E-state index is 0.387. The third-order valence-electron chi connectivity index (χ3n) is 1.83. The molecule has 0 aromatic rings. The first-order valence-electron chi connectivity index (χ1n) is 4.43. The minimum absolute atomic E-state index is 0.387. The Morgan fingerprint density at radius 1 is 1.75 bits per heavy atom. The Morgan fingerprint density at radius 2 is 2.58 bits per heavy atom. The highest BCUT2D eigenvalue weighted by molar-refractivity contribution is 7.80. The molecule has 0 aliphatic heterocycles. The van der Waals surface area contributed by atoms with E-state index in [-0.39, 0.29) is 0 Å². The van der Waals surface area contributed by atoms with Crippen LogP contribution in [0.1, 0.15) is 26.2 Å². The van der Waals surface area contributed by atoms with Crippen LogP contribution in [0.2, 0.25) is 0 Å². The van der Waals surface area contributed by atoms with Gasteiger partial charge in [-0.05, 0) is 38.4 Å². The first-order chi connectivity index (χ1) is 5.83. The number of nitrogens with one attached hydrogen (secondary N) is 1. The van der Waals surface area contributed by atoms with Gasteiger partial charge < -0.3 is 10.1 Å². The molecule has 3 heteroatoms. The van der Waals surface area contributed by atoms with Crippen molar-refractivity contribution in [3.8, 4) is 0 Å². The molecule has 1 atom stereocenters. The molecule has 1 aliphatic rings. The monoisotopic (exact) mass is 185 g/mol. The molecule has 1 N–H and O–H groups in total.